The predicted octanol–water partition coefficient (Wildman–Crippen LogP) is 1.63. The molecule has 3 atom stereocenters. The summed E-state index contributed by atoms with van der Waals surface area (Å²) >= 11 is 1.74. The standard InChI is InChI=1S/C16H24N2O3S/c1-20-8-6-17-16(19)15-3-2-13-14(21-15)4-7-18(13)10-12-5-9-22-11-12/h5,9,11,13-15H,2-4,6-8,10H2,1H3,(H,17,19)/t13-,14-,15-/m0/s1. The highest BCUT2D eigenvalue weighted by Gasteiger charge is 2.41. The van der Waals surface area contributed by atoms with Gasteiger partial charge in [0, 0.05) is 32.8 Å². The molecule has 3 heterocycles. The Balaban J connectivity index is 1.49. The van der Waals surface area contributed by atoms with Gasteiger partial charge in [-0.3, -0.25) is 9.69 Å². The molecule has 0 spiro atoms. The molecule has 0 aromatic carbocycles. The molecule has 1 amide bonds. The number of fused-ring (bicyclic) bond motifs is 1. The van der Waals surface area contributed by atoms with Crippen LogP contribution in [0.25, 0.3) is 0 Å². The average molecular weight is 324 g/mol. The van der Waals surface area contributed by atoms with E-state index in [9.17, 15) is 4.79 Å². The number of hydrogen-bond acceptors (Lipinski definition) is 5. The van der Waals surface area contributed by atoms with E-state index < -0.39 is 0 Å². The van der Waals surface area contributed by atoms with E-state index in [-0.39, 0.29) is 18.1 Å². The Morgan fingerprint density at radius 2 is 2.41 bits per heavy atom. The Morgan fingerprint density at radius 3 is 3.18 bits per heavy atom. The van der Waals surface area contributed by atoms with E-state index in [2.05, 4.69) is 27.0 Å². The van der Waals surface area contributed by atoms with Gasteiger partial charge in [-0.2, -0.15) is 11.3 Å². The third-order valence-corrected chi connectivity index (χ3v) is 5.26. The van der Waals surface area contributed by atoms with Gasteiger partial charge in [-0.15, -0.1) is 0 Å². The average Bonchev–Trinajstić information content (AvgIpc) is 3.18. The monoisotopic (exact) mass is 324 g/mol. The lowest BCUT2D eigenvalue weighted by Crippen LogP contribution is -2.48. The Labute approximate surface area is 135 Å². The summed E-state index contributed by atoms with van der Waals surface area (Å²) < 4.78 is 11.0. The van der Waals surface area contributed by atoms with Gasteiger partial charge in [0.15, 0.2) is 0 Å². The first kappa shape index (κ1) is 15.9. The molecule has 2 saturated heterocycles. The van der Waals surface area contributed by atoms with Crippen LogP contribution in [0.2, 0.25) is 0 Å². The van der Waals surface area contributed by atoms with Crippen molar-refractivity contribution in [1.29, 1.82) is 0 Å². The molecule has 2 fully saturated rings. The van der Waals surface area contributed by atoms with Crippen molar-refractivity contribution in [2.45, 2.75) is 44.1 Å². The second-order valence-corrected chi connectivity index (χ2v) is 6.76. The first-order chi connectivity index (χ1) is 10.8. The van der Waals surface area contributed by atoms with Gasteiger partial charge in [0.05, 0.1) is 12.7 Å². The number of rotatable bonds is 6. The maximum absolute atomic E-state index is 12.1. The zero-order chi connectivity index (χ0) is 15.4. The van der Waals surface area contributed by atoms with Crippen LogP contribution >= 0.6 is 11.3 Å². The lowest BCUT2D eigenvalue weighted by Gasteiger charge is -2.35. The van der Waals surface area contributed by atoms with Crippen molar-refractivity contribution in [1.82, 2.24) is 10.2 Å². The van der Waals surface area contributed by atoms with E-state index in [1.807, 2.05) is 0 Å². The van der Waals surface area contributed by atoms with Crippen LogP contribution in [0.15, 0.2) is 16.8 Å². The molecule has 0 saturated carbocycles. The highest BCUT2D eigenvalue weighted by molar-refractivity contribution is 7.07. The van der Waals surface area contributed by atoms with Gasteiger partial charge >= 0.3 is 0 Å². The highest BCUT2D eigenvalue weighted by Crippen LogP contribution is 2.32. The summed E-state index contributed by atoms with van der Waals surface area (Å²) in [5, 5.41) is 7.22. The fourth-order valence-electron chi connectivity index (χ4n) is 3.41. The number of amides is 1. The molecule has 0 aliphatic carbocycles. The summed E-state index contributed by atoms with van der Waals surface area (Å²) in [7, 11) is 1.63. The number of carbonyl (C=O) groups excluding carboxylic acids is 1. The quantitative estimate of drug-likeness (QED) is 0.808. The first-order valence-corrected chi connectivity index (χ1v) is 8.89. The molecule has 2 aliphatic rings. The Morgan fingerprint density at radius 1 is 1.50 bits per heavy atom. The maximum atomic E-state index is 12.1. The number of nitrogens with one attached hydrogen (secondary N) is 1. The van der Waals surface area contributed by atoms with Crippen molar-refractivity contribution in [3.8, 4) is 0 Å². The minimum atomic E-state index is -0.292. The van der Waals surface area contributed by atoms with Crippen molar-refractivity contribution < 1.29 is 14.3 Å². The minimum absolute atomic E-state index is 0.00628. The highest BCUT2D eigenvalue weighted by atomic mass is 32.1. The van der Waals surface area contributed by atoms with Crippen LogP contribution in [-0.2, 0) is 20.8 Å². The fourth-order valence-corrected chi connectivity index (χ4v) is 4.07. The van der Waals surface area contributed by atoms with Crippen LogP contribution in [0.4, 0.5) is 0 Å². The molecule has 0 bridgehead atoms. The number of hydrogen-bond donors (Lipinski definition) is 1. The lowest BCUT2D eigenvalue weighted by atomic mass is 9.98. The molecule has 5 nitrogen and oxygen atoms in total. The molecular weight excluding hydrogens is 300 g/mol. The van der Waals surface area contributed by atoms with E-state index in [4.69, 9.17) is 9.47 Å². The molecule has 0 unspecified atom stereocenters. The summed E-state index contributed by atoms with van der Waals surface area (Å²) in [5.74, 6) is 0.00628. The van der Waals surface area contributed by atoms with Crippen molar-refractivity contribution >= 4 is 17.2 Å². The van der Waals surface area contributed by atoms with Crippen LogP contribution in [0.5, 0.6) is 0 Å². The van der Waals surface area contributed by atoms with Gasteiger partial charge in [-0.1, -0.05) is 0 Å². The third-order valence-electron chi connectivity index (χ3n) is 4.53. The van der Waals surface area contributed by atoms with Crippen LogP contribution in [0, 0.1) is 0 Å². The molecule has 22 heavy (non-hydrogen) atoms. The molecule has 6 heteroatoms. The van der Waals surface area contributed by atoms with Gasteiger partial charge < -0.3 is 14.8 Å². The van der Waals surface area contributed by atoms with Gasteiger partial charge in [0.1, 0.15) is 6.10 Å². The lowest BCUT2D eigenvalue weighted by molar-refractivity contribution is -0.144. The summed E-state index contributed by atoms with van der Waals surface area (Å²) in [4.78, 5) is 14.6. The van der Waals surface area contributed by atoms with Crippen molar-refractivity contribution in [3.05, 3.63) is 22.4 Å². The minimum Gasteiger partial charge on any atom is -0.383 e. The zero-order valence-corrected chi connectivity index (χ0v) is 13.8. The largest absolute Gasteiger partial charge is 0.383 e. The molecule has 3 rings (SSSR count). The van der Waals surface area contributed by atoms with E-state index in [1.165, 1.54) is 5.56 Å². The molecule has 0 radical (unpaired) electrons. The Bertz CT molecular complexity index is 480. The van der Waals surface area contributed by atoms with Crippen LogP contribution in [0.3, 0.4) is 0 Å². The first-order valence-electron chi connectivity index (χ1n) is 7.95. The van der Waals surface area contributed by atoms with E-state index in [0.717, 1.165) is 32.4 Å². The predicted molar refractivity (Wildman–Crippen MR) is 85.9 cm³/mol. The molecular formula is C16H24N2O3S. The van der Waals surface area contributed by atoms with Gasteiger partial charge in [-0.25, -0.2) is 0 Å². The Kier molecular flexibility index (Phi) is 5.46. The van der Waals surface area contributed by atoms with Crippen molar-refractivity contribution in [2.75, 3.05) is 26.8 Å². The number of ether oxygens (including phenoxy) is 2. The number of methoxy groups -OCH3 is 1. The molecule has 1 N–H and O–H groups in total. The zero-order valence-electron chi connectivity index (χ0n) is 13.0. The number of likely N-dealkylation sites (tertiary alicyclic amines) is 1. The van der Waals surface area contributed by atoms with Crippen molar-refractivity contribution in [2.24, 2.45) is 0 Å². The molecule has 1 aromatic rings. The third kappa shape index (κ3) is 3.68. The fraction of sp³-hybridized carbons (Fsp3) is 0.688. The van der Waals surface area contributed by atoms with Gasteiger partial charge in [0.2, 0.25) is 5.91 Å². The van der Waals surface area contributed by atoms with Crippen LogP contribution in [-0.4, -0.2) is 55.9 Å². The maximum Gasteiger partial charge on any atom is 0.249 e. The molecule has 2 aliphatic heterocycles. The number of carbonyl (C=O) groups is 1. The van der Waals surface area contributed by atoms with Crippen molar-refractivity contribution in [3.63, 3.8) is 0 Å². The summed E-state index contributed by atoms with van der Waals surface area (Å²) in [6.45, 7) is 3.15. The topological polar surface area (TPSA) is 50.8 Å². The second-order valence-electron chi connectivity index (χ2n) is 5.98. The molecule has 1 aromatic heterocycles. The summed E-state index contributed by atoms with van der Waals surface area (Å²) in [5.41, 5.74) is 1.38. The van der Waals surface area contributed by atoms with Gasteiger partial charge in [0.25, 0.3) is 0 Å². The summed E-state index contributed by atoms with van der Waals surface area (Å²) in [6.07, 6.45) is 2.78. The van der Waals surface area contributed by atoms with E-state index in [0.29, 0.717) is 19.2 Å². The van der Waals surface area contributed by atoms with Crippen LogP contribution < -0.4 is 5.32 Å². The normalized spacial score (nSPS) is 28.5. The number of thiophene rings is 1. The molecule has 122 valence electrons. The summed E-state index contributed by atoms with van der Waals surface area (Å²) in [6, 6.07) is 2.65. The smallest absolute Gasteiger partial charge is 0.249 e. The van der Waals surface area contributed by atoms with E-state index in [1.54, 1.807) is 18.4 Å². The number of nitrogens with zero attached hydrogens (tertiary/aromatic N) is 1. The van der Waals surface area contributed by atoms with E-state index >= 15 is 0 Å². The van der Waals surface area contributed by atoms with Crippen LogP contribution in [0.1, 0.15) is 24.8 Å². The van der Waals surface area contributed by atoms with Gasteiger partial charge in [-0.05, 0) is 41.7 Å². The second kappa shape index (κ2) is 7.55. The SMILES string of the molecule is COCCNC(=O)[C@@H]1CC[C@H]2[C@H](CCN2Cc2ccsc2)O1. The Hall–Kier alpha value is -0.950.